The van der Waals surface area contributed by atoms with Crippen molar-refractivity contribution >= 4 is 0 Å². The topological polar surface area (TPSA) is 12.0 Å². The molecular weight excluding hydrogens is 261 g/mol. The van der Waals surface area contributed by atoms with Crippen LogP contribution < -0.4 is 5.32 Å². The molecule has 0 saturated carbocycles. The minimum Gasteiger partial charge on any atom is -0.307 e. The van der Waals surface area contributed by atoms with Crippen LogP contribution in [-0.2, 0) is 12.8 Å². The molecule has 2 heteroatoms. The molecule has 0 aliphatic heterocycles. The molecular formula is C19H22FN. The lowest BCUT2D eigenvalue weighted by Gasteiger charge is -2.20. The molecule has 0 bridgehead atoms. The summed E-state index contributed by atoms with van der Waals surface area (Å²) in [7, 11) is 0. The van der Waals surface area contributed by atoms with E-state index in [9.17, 15) is 4.39 Å². The van der Waals surface area contributed by atoms with E-state index in [1.807, 2.05) is 6.07 Å². The van der Waals surface area contributed by atoms with Gasteiger partial charge >= 0.3 is 0 Å². The Bertz CT molecular complexity index is 594. The molecule has 0 radical (unpaired) electrons. The zero-order valence-corrected chi connectivity index (χ0v) is 12.5. The van der Waals surface area contributed by atoms with E-state index in [1.165, 1.54) is 16.7 Å². The Morgan fingerprint density at radius 2 is 2.00 bits per heavy atom. The van der Waals surface area contributed by atoms with Crippen molar-refractivity contribution in [3.05, 3.63) is 71.0 Å². The summed E-state index contributed by atoms with van der Waals surface area (Å²) >= 11 is 0. The van der Waals surface area contributed by atoms with Crippen LogP contribution in [-0.4, -0.2) is 6.04 Å². The SMILES string of the molecule is CC(CCc1ccccc1)NC1CCc2cc(F)ccc21. The van der Waals surface area contributed by atoms with E-state index in [0.29, 0.717) is 12.1 Å². The molecule has 2 aromatic carbocycles. The van der Waals surface area contributed by atoms with Crippen molar-refractivity contribution in [1.29, 1.82) is 0 Å². The Morgan fingerprint density at radius 1 is 1.19 bits per heavy atom. The predicted octanol–water partition coefficient (Wildman–Crippen LogP) is 4.42. The third-order valence-electron chi connectivity index (χ3n) is 4.38. The first-order chi connectivity index (χ1) is 10.2. The maximum absolute atomic E-state index is 13.2. The summed E-state index contributed by atoms with van der Waals surface area (Å²) in [6.07, 6.45) is 4.28. The first-order valence-corrected chi connectivity index (χ1v) is 7.80. The lowest BCUT2D eigenvalue weighted by molar-refractivity contribution is 0.434. The zero-order chi connectivity index (χ0) is 14.7. The summed E-state index contributed by atoms with van der Waals surface area (Å²) in [5.74, 6) is -0.119. The van der Waals surface area contributed by atoms with Crippen LogP contribution in [0.3, 0.4) is 0 Å². The summed E-state index contributed by atoms with van der Waals surface area (Å²) in [6.45, 7) is 2.24. The van der Waals surface area contributed by atoms with Crippen molar-refractivity contribution in [2.75, 3.05) is 0 Å². The normalized spacial score (nSPS) is 18.5. The molecule has 2 unspecified atom stereocenters. The molecule has 0 heterocycles. The molecule has 2 aromatic rings. The third-order valence-corrected chi connectivity index (χ3v) is 4.38. The Kier molecular flexibility index (Phi) is 4.35. The first kappa shape index (κ1) is 14.3. The fourth-order valence-electron chi connectivity index (χ4n) is 3.21. The molecule has 1 aliphatic rings. The van der Waals surface area contributed by atoms with Gasteiger partial charge in [0.25, 0.3) is 0 Å². The minimum absolute atomic E-state index is 0.119. The highest BCUT2D eigenvalue weighted by molar-refractivity contribution is 5.35. The van der Waals surface area contributed by atoms with Gasteiger partial charge in [-0.15, -0.1) is 0 Å². The summed E-state index contributed by atoms with van der Waals surface area (Å²) in [5.41, 5.74) is 3.84. The Labute approximate surface area is 126 Å². The predicted molar refractivity (Wildman–Crippen MR) is 84.8 cm³/mol. The number of nitrogens with one attached hydrogen (secondary N) is 1. The fourth-order valence-corrected chi connectivity index (χ4v) is 3.21. The number of aryl methyl sites for hydroxylation is 2. The Morgan fingerprint density at radius 3 is 2.81 bits per heavy atom. The summed E-state index contributed by atoms with van der Waals surface area (Å²) < 4.78 is 13.2. The smallest absolute Gasteiger partial charge is 0.123 e. The lowest BCUT2D eigenvalue weighted by Crippen LogP contribution is -2.29. The molecule has 1 N–H and O–H groups in total. The van der Waals surface area contributed by atoms with Crippen LogP contribution in [0, 0.1) is 5.82 Å². The van der Waals surface area contributed by atoms with Gasteiger partial charge in [0.05, 0.1) is 0 Å². The van der Waals surface area contributed by atoms with Crippen LogP contribution in [0.15, 0.2) is 48.5 Å². The van der Waals surface area contributed by atoms with E-state index >= 15 is 0 Å². The number of halogens is 1. The first-order valence-electron chi connectivity index (χ1n) is 7.80. The largest absolute Gasteiger partial charge is 0.307 e. The maximum atomic E-state index is 13.2. The molecule has 110 valence electrons. The van der Waals surface area contributed by atoms with Crippen LogP contribution in [0.2, 0.25) is 0 Å². The fraction of sp³-hybridized carbons (Fsp3) is 0.368. The summed E-state index contributed by atoms with van der Waals surface area (Å²) in [6, 6.07) is 16.7. The standard InChI is InChI=1S/C19H22FN/c1-14(7-8-15-5-3-2-4-6-15)21-19-12-9-16-13-17(20)10-11-18(16)19/h2-6,10-11,13-14,19,21H,7-9,12H2,1H3. The second-order valence-corrected chi connectivity index (χ2v) is 6.03. The molecule has 3 rings (SSSR count). The molecule has 1 aliphatic carbocycles. The van der Waals surface area contributed by atoms with E-state index in [2.05, 4.69) is 42.6 Å². The van der Waals surface area contributed by atoms with Crippen molar-refractivity contribution in [1.82, 2.24) is 5.32 Å². The Balaban J connectivity index is 1.56. The van der Waals surface area contributed by atoms with Gasteiger partial charge in [-0.3, -0.25) is 0 Å². The van der Waals surface area contributed by atoms with Crippen LogP contribution in [0.4, 0.5) is 4.39 Å². The number of fused-ring (bicyclic) bond motifs is 1. The highest BCUT2D eigenvalue weighted by Gasteiger charge is 2.23. The average molecular weight is 283 g/mol. The highest BCUT2D eigenvalue weighted by Crippen LogP contribution is 2.32. The van der Waals surface area contributed by atoms with Gasteiger partial charge in [0, 0.05) is 12.1 Å². The van der Waals surface area contributed by atoms with Gasteiger partial charge in [0.2, 0.25) is 0 Å². The van der Waals surface area contributed by atoms with E-state index in [0.717, 1.165) is 25.7 Å². The van der Waals surface area contributed by atoms with Gasteiger partial charge in [-0.2, -0.15) is 0 Å². The number of benzene rings is 2. The molecule has 1 nitrogen and oxygen atoms in total. The van der Waals surface area contributed by atoms with E-state index in [-0.39, 0.29) is 5.82 Å². The van der Waals surface area contributed by atoms with Gasteiger partial charge < -0.3 is 5.32 Å². The quantitative estimate of drug-likeness (QED) is 0.856. The average Bonchev–Trinajstić information content (AvgIpc) is 2.88. The highest BCUT2D eigenvalue weighted by atomic mass is 19.1. The molecule has 0 fully saturated rings. The summed E-state index contributed by atoms with van der Waals surface area (Å²) in [5, 5.41) is 3.70. The van der Waals surface area contributed by atoms with E-state index < -0.39 is 0 Å². The van der Waals surface area contributed by atoms with Crippen LogP contribution in [0.25, 0.3) is 0 Å². The van der Waals surface area contributed by atoms with Gasteiger partial charge in [-0.1, -0.05) is 36.4 Å². The van der Waals surface area contributed by atoms with Gasteiger partial charge in [-0.05, 0) is 61.4 Å². The Hall–Kier alpha value is -1.67. The van der Waals surface area contributed by atoms with Crippen molar-refractivity contribution in [2.45, 2.75) is 44.7 Å². The molecule has 21 heavy (non-hydrogen) atoms. The zero-order valence-electron chi connectivity index (χ0n) is 12.5. The summed E-state index contributed by atoms with van der Waals surface area (Å²) in [4.78, 5) is 0. The van der Waals surface area contributed by atoms with Crippen molar-refractivity contribution in [3.63, 3.8) is 0 Å². The molecule has 0 spiro atoms. The number of hydrogen-bond donors (Lipinski definition) is 1. The second kappa shape index (κ2) is 6.40. The van der Waals surface area contributed by atoms with Crippen molar-refractivity contribution in [3.8, 4) is 0 Å². The lowest BCUT2D eigenvalue weighted by atomic mass is 10.0. The molecule has 0 aromatic heterocycles. The molecule has 0 saturated heterocycles. The molecule has 2 atom stereocenters. The van der Waals surface area contributed by atoms with Gasteiger partial charge in [0.15, 0.2) is 0 Å². The van der Waals surface area contributed by atoms with E-state index in [1.54, 1.807) is 12.1 Å². The van der Waals surface area contributed by atoms with E-state index in [4.69, 9.17) is 0 Å². The second-order valence-electron chi connectivity index (χ2n) is 6.03. The van der Waals surface area contributed by atoms with Crippen LogP contribution in [0.5, 0.6) is 0 Å². The van der Waals surface area contributed by atoms with Gasteiger partial charge in [-0.25, -0.2) is 4.39 Å². The monoisotopic (exact) mass is 283 g/mol. The molecule has 0 amide bonds. The van der Waals surface area contributed by atoms with Crippen LogP contribution >= 0.6 is 0 Å². The number of hydrogen-bond acceptors (Lipinski definition) is 1. The third kappa shape index (κ3) is 3.51. The minimum atomic E-state index is -0.119. The van der Waals surface area contributed by atoms with Gasteiger partial charge in [0.1, 0.15) is 5.82 Å². The van der Waals surface area contributed by atoms with Crippen LogP contribution in [0.1, 0.15) is 42.5 Å². The van der Waals surface area contributed by atoms with Crippen molar-refractivity contribution < 1.29 is 4.39 Å². The van der Waals surface area contributed by atoms with Crippen molar-refractivity contribution in [2.24, 2.45) is 0 Å². The maximum Gasteiger partial charge on any atom is 0.123 e. The number of rotatable bonds is 5.